The molecule has 0 heterocycles. The highest BCUT2D eigenvalue weighted by Gasteiger charge is 2.28. The van der Waals surface area contributed by atoms with Gasteiger partial charge in [-0.25, -0.2) is 19.2 Å². The van der Waals surface area contributed by atoms with E-state index in [1.165, 1.54) is 0 Å². The first-order valence-corrected chi connectivity index (χ1v) is 6.86. The molecule has 134 valence electrons. The highest BCUT2D eigenvalue weighted by atomic mass is 16.5. The first-order chi connectivity index (χ1) is 12.4. The fourth-order valence-electron chi connectivity index (χ4n) is 1.83. The van der Waals surface area contributed by atoms with Crippen LogP contribution in [0.15, 0.2) is 63.5 Å². The van der Waals surface area contributed by atoms with E-state index in [2.05, 4.69) is 45.3 Å². The number of benzene rings is 1. The van der Waals surface area contributed by atoms with Crippen molar-refractivity contribution in [2.24, 2.45) is 0 Å². The van der Waals surface area contributed by atoms with Gasteiger partial charge in [0.2, 0.25) is 0 Å². The Morgan fingerprint density at radius 2 is 0.731 bits per heavy atom. The number of carbonyl (C=O) groups is 4. The summed E-state index contributed by atoms with van der Waals surface area (Å²) < 4.78 is 18.5. The van der Waals surface area contributed by atoms with Gasteiger partial charge in [0.15, 0.2) is 0 Å². The highest BCUT2D eigenvalue weighted by molar-refractivity contribution is 6.10. The van der Waals surface area contributed by atoms with Crippen LogP contribution in [0.3, 0.4) is 0 Å². The summed E-state index contributed by atoms with van der Waals surface area (Å²) in [5, 5.41) is 0. The molecule has 0 saturated carbocycles. The van der Waals surface area contributed by atoms with Crippen molar-refractivity contribution < 1.29 is 38.1 Å². The van der Waals surface area contributed by atoms with E-state index in [1.54, 1.807) is 0 Å². The first kappa shape index (κ1) is 20.1. The maximum Gasteiger partial charge on any atom is 0.343 e. The number of hydrogen-bond donors (Lipinski definition) is 0. The van der Waals surface area contributed by atoms with E-state index in [0.29, 0.717) is 0 Å². The number of hydrogen-bond acceptors (Lipinski definition) is 8. The quantitative estimate of drug-likeness (QED) is 0.397. The van der Waals surface area contributed by atoms with Crippen molar-refractivity contribution in [3.63, 3.8) is 0 Å². The molecule has 0 fully saturated rings. The Morgan fingerprint density at radius 3 is 0.885 bits per heavy atom. The molecule has 8 nitrogen and oxygen atoms in total. The lowest BCUT2D eigenvalue weighted by Crippen LogP contribution is -2.18. The molecule has 0 saturated heterocycles. The average molecular weight is 358 g/mol. The van der Waals surface area contributed by atoms with Crippen LogP contribution >= 0.6 is 0 Å². The normalized spacial score (nSPS) is 9.23. The summed E-state index contributed by atoms with van der Waals surface area (Å²) in [6, 6.07) is 1.86. The summed E-state index contributed by atoms with van der Waals surface area (Å²) in [6.07, 6.45) is 3.30. The standard InChI is InChI=1S/C18H14O8/c1-5-23-15(19)11-9-13(17(21)25-7-3)14(18(22)26-8-4)10-12(11)16(20)24-6-2/h5-10H,1-4H2. The van der Waals surface area contributed by atoms with Crippen LogP contribution in [0.4, 0.5) is 0 Å². The van der Waals surface area contributed by atoms with E-state index in [-0.39, 0.29) is 22.3 Å². The van der Waals surface area contributed by atoms with E-state index in [9.17, 15) is 19.2 Å². The van der Waals surface area contributed by atoms with Gasteiger partial charge in [0, 0.05) is 0 Å². The Bertz CT molecular complexity index is 673. The van der Waals surface area contributed by atoms with Crippen LogP contribution in [0, 0.1) is 0 Å². The van der Waals surface area contributed by atoms with Crippen LogP contribution in [0.2, 0.25) is 0 Å². The minimum Gasteiger partial charge on any atom is -0.432 e. The molecule has 0 unspecified atom stereocenters. The molecule has 0 atom stereocenters. The number of esters is 4. The third kappa shape index (κ3) is 4.54. The maximum atomic E-state index is 12.1. The summed E-state index contributed by atoms with van der Waals surface area (Å²) in [5.41, 5.74) is -1.49. The van der Waals surface area contributed by atoms with Gasteiger partial charge in [0.1, 0.15) is 0 Å². The zero-order valence-corrected chi connectivity index (χ0v) is 13.6. The molecule has 0 aliphatic rings. The molecule has 1 aromatic rings. The second-order valence-corrected chi connectivity index (χ2v) is 4.23. The molecule has 0 N–H and O–H groups in total. The molecule has 0 radical (unpaired) electrons. The molecule has 26 heavy (non-hydrogen) atoms. The van der Waals surface area contributed by atoms with Gasteiger partial charge < -0.3 is 18.9 Å². The number of rotatable bonds is 8. The smallest absolute Gasteiger partial charge is 0.343 e. The summed E-state index contributed by atoms with van der Waals surface area (Å²) >= 11 is 0. The van der Waals surface area contributed by atoms with E-state index < -0.39 is 23.9 Å². The summed E-state index contributed by atoms with van der Waals surface area (Å²) in [7, 11) is 0. The van der Waals surface area contributed by atoms with Crippen molar-refractivity contribution in [1.82, 2.24) is 0 Å². The predicted octanol–water partition coefficient (Wildman–Crippen LogP) is 2.89. The highest BCUT2D eigenvalue weighted by Crippen LogP contribution is 2.22. The Kier molecular flexibility index (Phi) is 7.25. The van der Waals surface area contributed by atoms with Gasteiger partial charge in [-0.05, 0) is 12.1 Å². The van der Waals surface area contributed by atoms with Gasteiger partial charge in [-0.15, -0.1) is 0 Å². The van der Waals surface area contributed by atoms with Crippen molar-refractivity contribution in [3.05, 3.63) is 85.8 Å². The van der Waals surface area contributed by atoms with Crippen molar-refractivity contribution in [1.29, 1.82) is 0 Å². The second kappa shape index (κ2) is 9.38. The minimum absolute atomic E-state index is 0.372. The van der Waals surface area contributed by atoms with Gasteiger partial charge in [-0.2, -0.15) is 0 Å². The number of carbonyl (C=O) groups excluding carboxylic acids is 4. The zero-order chi connectivity index (χ0) is 19.7. The van der Waals surface area contributed by atoms with Crippen LogP contribution in [-0.2, 0) is 18.9 Å². The maximum absolute atomic E-state index is 12.1. The Hall–Kier alpha value is -3.94. The lowest BCUT2D eigenvalue weighted by Gasteiger charge is -2.12. The van der Waals surface area contributed by atoms with Gasteiger partial charge in [-0.3, -0.25) is 0 Å². The largest absolute Gasteiger partial charge is 0.432 e. The fraction of sp³-hybridized carbons (Fsp3) is 0. The van der Waals surface area contributed by atoms with E-state index in [0.717, 1.165) is 37.2 Å². The molecule has 1 rings (SSSR count). The number of ether oxygens (including phenoxy) is 4. The Morgan fingerprint density at radius 1 is 0.538 bits per heavy atom. The Labute approximate surface area is 148 Å². The third-order valence-corrected chi connectivity index (χ3v) is 2.80. The van der Waals surface area contributed by atoms with E-state index in [4.69, 9.17) is 0 Å². The summed E-state index contributed by atoms with van der Waals surface area (Å²) in [6.45, 7) is 12.9. The molecule has 0 amide bonds. The van der Waals surface area contributed by atoms with Crippen molar-refractivity contribution in [2.45, 2.75) is 0 Å². The second-order valence-electron chi connectivity index (χ2n) is 4.23. The van der Waals surface area contributed by atoms with Crippen LogP contribution < -0.4 is 0 Å². The molecule has 0 aliphatic carbocycles. The fourth-order valence-corrected chi connectivity index (χ4v) is 1.83. The van der Waals surface area contributed by atoms with Crippen molar-refractivity contribution in [3.8, 4) is 0 Å². The molecular formula is C18H14O8. The van der Waals surface area contributed by atoms with Crippen LogP contribution in [-0.4, -0.2) is 23.9 Å². The van der Waals surface area contributed by atoms with Crippen LogP contribution in [0.1, 0.15) is 41.4 Å². The van der Waals surface area contributed by atoms with Crippen LogP contribution in [0.5, 0.6) is 0 Å². The van der Waals surface area contributed by atoms with E-state index in [1.807, 2.05) is 0 Å². The monoisotopic (exact) mass is 358 g/mol. The lowest BCUT2D eigenvalue weighted by atomic mass is 9.98. The predicted molar refractivity (Wildman–Crippen MR) is 88.9 cm³/mol. The zero-order valence-electron chi connectivity index (χ0n) is 13.6. The average Bonchev–Trinajstić information content (AvgIpc) is 2.61. The molecule has 8 heteroatoms. The summed E-state index contributed by atoms with van der Waals surface area (Å²) in [4.78, 5) is 48.3. The van der Waals surface area contributed by atoms with Crippen molar-refractivity contribution >= 4 is 23.9 Å². The lowest BCUT2D eigenvalue weighted by molar-refractivity contribution is 0.0604. The molecule has 0 bridgehead atoms. The first-order valence-electron chi connectivity index (χ1n) is 6.86. The van der Waals surface area contributed by atoms with Gasteiger partial charge in [-0.1, -0.05) is 26.3 Å². The van der Waals surface area contributed by atoms with Gasteiger partial charge in [0.25, 0.3) is 0 Å². The summed E-state index contributed by atoms with van der Waals surface area (Å²) in [5.74, 6) is -4.08. The third-order valence-electron chi connectivity index (χ3n) is 2.80. The minimum atomic E-state index is -1.02. The molecule has 1 aromatic carbocycles. The van der Waals surface area contributed by atoms with Gasteiger partial charge in [0.05, 0.1) is 47.3 Å². The van der Waals surface area contributed by atoms with E-state index >= 15 is 0 Å². The molecule has 0 aromatic heterocycles. The Balaban J connectivity index is 3.73. The SMILES string of the molecule is C=COC(=O)c1cc(C(=O)OC=C)c(C(=O)OC=C)cc1C(=O)OC=C. The molecule has 0 aliphatic heterocycles. The molecule has 0 spiro atoms. The molecular weight excluding hydrogens is 344 g/mol. The topological polar surface area (TPSA) is 105 Å². The van der Waals surface area contributed by atoms with Crippen molar-refractivity contribution in [2.75, 3.05) is 0 Å². The van der Waals surface area contributed by atoms with Gasteiger partial charge >= 0.3 is 23.9 Å². The van der Waals surface area contributed by atoms with Crippen LogP contribution in [0.25, 0.3) is 0 Å².